The number of anilines is 1. The van der Waals surface area contributed by atoms with Crippen molar-refractivity contribution in [1.29, 1.82) is 0 Å². The predicted octanol–water partition coefficient (Wildman–Crippen LogP) is 5.29. The van der Waals surface area contributed by atoms with Gasteiger partial charge < -0.3 is 25.0 Å². The molecule has 0 radical (unpaired) electrons. The molecule has 2 heterocycles. The smallest absolute Gasteiger partial charge is 0.225 e. The summed E-state index contributed by atoms with van der Waals surface area (Å²) in [5.41, 5.74) is 1.31. The normalized spacial score (nSPS) is 19.0. The maximum atomic E-state index is 13.5. The molecule has 7 heteroatoms. The fraction of sp³-hybridized carbons (Fsp3) is 0.469. The van der Waals surface area contributed by atoms with Crippen LogP contribution >= 0.6 is 11.6 Å². The number of nitrogens with zero attached hydrogens (tertiary/aromatic N) is 2. The van der Waals surface area contributed by atoms with E-state index in [2.05, 4.69) is 57.6 Å². The van der Waals surface area contributed by atoms with Crippen molar-refractivity contribution in [1.82, 2.24) is 10.2 Å². The molecule has 0 spiro atoms. The van der Waals surface area contributed by atoms with E-state index in [0.717, 1.165) is 44.7 Å². The second-order valence-corrected chi connectivity index (χ2v) is 12.2. The van der Waals surface area contributed by atoms with Gasteiger partial charge in [0.15, 0.2) is 0 Å². The molecule has 0 bridgehead atoms. The van der Waals surface area contributed by atoms with Gasteiger partial charge in [-0.3, -0.25) is 4.79 Å². The lowest BCUT2D eigenvalue weighted by molar-refractivity contribution is -0.125. The maximum Gasteiger partial charge on any atom is 0.225 e. The third-order valence-corrected chi connectivity index (χ3v) is 8.04. The van der Waals surface area contributed by atoms with E-state index < -0.39 is 5.60 Å². The molecule has 2 N–H and O–H groups in total. The van der Waals surface area contributed by atoms with Crippen molar-refractivity contribution in [2.45, 2.75) is 51.2 Å². The van der Waals surface area contributed by atoms with Crippen LogP contribution in [-0.2, 0) is 11.2 Å². The number of amides is 1. The second kappa shape index (κ2) is 12.2. The topological polar surface area (TPSA) is 65.0 Å². The van der Waals surface area contributed by atoms with Gasteiger partial charge in [-0.2, -0.15) is 0 Å². The van der Waals surface area contributed by atoms with Gasteiger partial charge in [-0.15, -0.1) is 0 Å². The third-order valence-electron chi connectivity index (χ3n) is 7.74. The van der Waals surface area contributed by atoms with E-state index in [-0.39, 0.29) is 24.5 Å². The molecule has 0 saturated carbocycles. The van der Waals surface area contributed by atoms with Crippen molar-refractivity contribution >= 4 is 34.0 Å². The SMILES string of the molecule is CC(C)(O)COc1ccc(CC(CN2CCCC2)NC(=O)[C@@H]2CCN(c3ccc4ccccc4c3)C2)cc1Cl. The lowest BCUT2D eigenvalue weighted by Crippen LogP contribution is -2.46. The molecule has 2 saturated heterocycles. The Balaban J connectivity index is 1.23. The molecule has 39 heavy (non-hydrogen) atoms. The van der Waals surface area contributed by atoms with E-state index in [1.807, 2.05) is 18.2 Å². The number of aliphatic hydroxyl groups is 1. The van der Waals surface area contributed by atoms with Crippen molar-refractivity contribution in [3.8, 4) is 5.75 Å². The van der Waals surface area contributed by atoms with E-state index in [9.17, 15) is 9.90 Å². The number of ether oxygens (including phenoxy) is 1. The van der Waals surface area contributed by atoms with Gasteiger partial charge in [0.25, 0.3) is 0 Å². The number of rotatable bonds is 10. The molecule has 1 amide bonds. The first-order chi connectivity index (χ1) is 18.7. The molecule has 2 aliphatic rings. The predicted molar refractivity (Wildman–Crippen MR) is 159 cm³/mol. The first-order valence-corrected chi connectivity index (χ1v) is 14.5. The number of hydrogen-bond donors (Lipinski definition) is 2. The number of carbonyl (C=O) groups excluding carboxylic acids is 1. The summed E-state index contributed by atoms with van der Waals surface area (Å²) in [6.45, 7) is 8.18. The summed E-state index contributed by atoms with van der Waals surface area (Å²) < 4.78 is 5.71. The number of hydrogen-bond acceptors (Lipinski definition) is 5. The van der Waals surface area contributed by atoms with Gasteiger partial charge in [0.2, 0.25) is 5.91 Å². The van der Waals surface area contributed by atoms with Crippen LogP contribution in [0.4, 0.5) is 5.69 Å². The number of benzene rings is 3. The largest absolute Gasteiger partial charge is 0.489 e. The van der Waals surface area contributed by atoms with Crippen molar-refractivity contribution in [3.05, 3.63) is 71.2 Å². The summed E-state index contributed by atoms with van der Waals surface area (Å²) in [4.78, 5) is 18.3. The van der Waals surface area contributed by atoms with Crippen LogP contribution in [-0.4, -0.2) is 66.9 Å². The monoisotopic (exact) mass is 549 g/mol. The molecule has 2 fully saturated rings. The number of fused-ring (bicyclic) bond motifs is 1. The molecule has 0 aromatic heterocycles. The fourth-order valence-electron chi connectivity index (χ4n) is 5.67. The zero-order valence-electron chi connectivity index (χ0n) is 23.0. The summed E-state index contributed by atoms with van der Waals surface area (Å²) >= 11 is 6.52. The quantitative estimate of drug-likeness (QED) is 0.360. The highest BCUT2D eigenvalue weighted by Crippen LogP contribution is 2.29. The lowest BCUT2D eigenvalue weighted by atomic mass is 10.0. The van der Waals surface area contributed by atoms with Gasteiger partial charge in [-0.1, -0.05) is 48.0 Å². The summed E-state index contributed by atoms with van der Waals surface area (Å²) in [6.07, 6.45) is 3.98. The Labute approximate surface area is 236 Å². The van der Waals surface area contributed by atoms with Crippen LogP contribution in [0.25, 0.3) is 10.8 Å². The Morgan fingerprint density at radius 2 is 1.85 bits per heavy atom. The third kappa shape index (κ3) is 7.44. The lowest BCUT2D eigenvalue weighted by Gasteiger charge is -2.26. The minimum absolute atomic E-state index is 0.00419. The molecule has 0 aliphatic carbocycles. The number of nitrogens with one attached hydrogen (secondary N) is 1. The molecule has 1 unspecified atom stereocenters. The van der Waals surface area contributed by atoms with Gasteiger partial charge >= 0.3 is 0 Å². The fourth-order valence-corrected chi connectivity index (χ4v) is 5.92. The van der Waals surface area contributed by atoms with Crippen molar-refractivity contribution < 1.29 is 14.6 Å². The highest BCUT2D eigenvalue weighted by molar-refractivity contribution is 6.32. The Bertz CT molecular complexity index is 1290. The van der Waals surface area contributed by atoms with Gasteiger partial charge in [0.1, 0.15) is 12.4 Å². The minimum Gasteiger partial charge on any atom is -0.489 e. The first-order valence-electron chi connectivity index (χ1n) is 14.1. The van der Waals surface area contributed by atoms with Gasteiger partial charge in [-0.25, -0.2) is 0 Å². The maximum absolute atomic E-state index is 13.5. The van der Waals surface area contributed by atoms with Crippen molar-refractivity contribution in [3.63, 3.8) is 0 Å². The van der Waals surface area contributed by atoms with Gasteiger partial charge in [0.05, 0.1) is 16.5 Å². The number of halogens is 1. The Hall–Kier alpha value is -2.80. The molecule has 3 aromatic carbocycles. The number of likely N-dealkylation sites (tertiary alicyclic amines) is 1. The molecule has 208 valence electrons. The van der Waals surface area contributed by atoms with Crippen molar-refractivity contribution in [2.75, 3.05) is 44.2 Å². The first kappa shape index (κ1) is 27.8. The van der Waals surface area contributed by atoms with Crippen LogP contribution < -0.4 is 15.0 Å². The van der Waals surface area contributed by atoms with Crippen LogP contribution in [0.1, 0.15) is 38.7 Å². The molecule has 2 aliphatic heterocycles. The second-order valence-electron chi connectivity index (χ2n) is 11.7. The summed E-state index contributed by atoms with van der Waals surface area (Å²) in [5, 5.41) is 16.3. The van der Waals surface area contributed by atoms with Gasteiger partial charge in [0, 0.05) is 31.4 Å². The van der Waals surface area contributed by atoms with Crippen LogP contribution in [0, 0.1) is 5.92 Å². The minimum atomic E-state index is -0.933. The highest BCUT2D eigenvalue weighted by atomic mass is 35.5. The zero-order valence-corrected chi connectivity index (χ0v) is 23.8. The average molecular weight is 550 g/mol. The average Bonchev–Trinajstić information content (AvgIpc) is 3.60. The van der Waals surface area contributed by atoms with E-state index in [1.54, 1.807) is 13.8 Å². The van der Waals surface area contributed by atoms with Crippen LogP contribution in [0.3, 0.4) is 0 Å². The molecular formula is C32H40ClN3O3. The Kier molecular flexibility index (Phi) is 8.65. The zero-order chi connectivity index (χ0) is 27.4. The molecule has 3 aromatic rings. The van der Waals surface area contributed by atoms with Crippen LogP contribution in [0.2, 0.25) is 5.02 Å². The Morgan fingerprint density at radius 3 is 2.59 bits per heavy atom. The molecule has 5 rings (SSSR count). The van der Waals surface area contributed by atoms with E-state index in [4.69, 9.17) is 16.3 Å². The summed E-state index contributed by atoms with van der Waals surface area (Å²) in [7, 11) is 0. The molecule has 2 atom stereocenters. The molecule has 6 nitrogen and oxygen atoms in total. The van der Waals surface area contributed by atoms with E-state index in [0.29, 0.717) is 17.2 Å². The highest BCUT2D eigenvalue weighted by Gasteiger charge is 2.30. The van der Waals surface area contributed by atoms with Gasteiger partial charge in [-0.05, 0) is 93.2 Å². The van der Waals surface area contributed by atoms with E-state index in [1.165, 1.54) is 29.3 Å². The Morgan fingerprint density at radius 1 is 1.08 bits per heavy atom. The molecular weight excluding hydrogens is 510 g/mol. The standard InChI is InChI=1S/C32H40ClN3O3/c1-32(2,38)22-39-30-12-9-23(18-29(30)33)17-27(21-35-14-5-6-15-35)34-31(37)26-13-16-36(20-26)28-11-10-24-7-3-4-8-25(24)19-28/h3-4,7-12,18-19,26-27,38H,5-6,13-17,20-22H2,1-2H3,(H,34,37)/t26-,27?/m1/s1. The van der Waals surface area contributed by atoms with Crippen LogP contribution in [0.5, 0.6) is 5.75 Å². The van der Waals surface area contributed by atoms with E-state index >= 15 is 0 Å². The summed E-state index contributed by atoms with van der Waals surface area (Å²) in [5.74, 6) is 0.667. The summed E-state index contributed by atoms with van der Waals surface area (Å²) in [6, 6.07) is 20.7. The number of carbonyl (C=O) groups is 1. The van der Waals surface area contributed by atoms with Crippen molar-refractivity contribution in [2.24, 2.45) is 5.92 Å². The van der Waals surface area contributed by atoms with Crippen LogP contribution in [0.15, 0.2) is 60.7 Å².